The third-order valence-electron chi connectivity index (χ3n) is 2.15. The fraction of sp³-hybridized carbons (Fsp3) is 1.00. The van der Waals surface area contributed by atoms with E-state index in [0.29, 0.717) is 26.2 Å². The second-order valence-corrected chi connectivity index (χ2v) is 3.58. The highest BCUT2D eigenvalue weighted by atomic mass is 19.4. The lowest BCUT2D eigenvalue weighted by molar-refractivity contribution is -0.226. The van der Waals surface area contributed by atoms with E-state index in [2.05, 4.69) is 0 Å². The van der Waals surface area contributed by atoms with E-state index < -0.39 is 18.3 Å². The molecule has 1 N–H and O–H groups in total. The normalized spacial score (nSPS) is 16.7. The molecule has 0 aliphatic rings. The van der Waals surface area contributed by atoms with E-state index in [0.717, 1.165) is 0 Å². The van der Waals surface area contributed by atoms with Crippen LogP contribution in [0.25, 0.3) is 0 Å². The Morgan fingerprint density at radius 2 is 1.43 bits per heavy atom. The lowest BCUT2D eigenvalue weighted by Gasteiger charge is -2.23. The molecule has 1 nitrogen and oxygen atoms in total. The number of hydrogen-bond acceptors (Lipinski definition) is 1. The van der Waals surface area contributed by atoms with Crippen LogP contribution < -0.4 is 0 Å². The van der Waals surface area contributed by atoms with Gasteiger partial charge in [-0.1, -0.05) is 12.8 Å². The largest absolute Gasteiger partial charge is 0.422 e. The zero-order valence-electron chi connectivity index (χ0n) is 8.20. The molecule has 14 heavy (non-hydrogen) atoms. The molecule has 0 rings (SSSR count). The van der Waals surface area contributed by atoms with Crippen LogP contribution >= 0.6 is 0 Å². The first-order chi connectivity index (χ1) is 6.31. The minimum Gasteiger partial charge on any atom is -0.396 e. The topological polar surface area (TPSA) is 20.2 Å². The maximum absolute atomic E-state index is 12.9. The number of rotatable bonds is 6. The van der Waals surface area contributed by atoms with Crippen molar-refractivity contribution in [2.45, 2.75) is 50.9 Å². The maximum atomic E-state index is 12.9. The summed E-state index contributed by atoms with van der Waals surface area (Å²) in [5.74, 6) is 0. The van der Waals surface area contributed by atoms with Crippen LogP contribution in [-0.2, 0) is 0 Å². The fourth-order valence-electron chi connectivity index (χ4n) is 1.06. The molecule has 5 heteroatoms. The smallest absolute Gasteiger partial charge is 0.396 e. The highest BCUT2D eigenvalue weighted by Crippen LogP contribution is 2.37. The van der Waals surface area contributed by atoms with E-state index in [9.17, 15) is 17.6 Å². The Kier molecular flexibility index (Phi) is 5.41. The summed E-state index contributed by atoms with van der Waals surface area (Å²) in [6.45, 7) is 0.602. The molecule has 0 spiro atoms. The highest BCUT2D eigenvalue weighted by Gasteiger charge is 2.51. The Hall–Kier alpha value is -0.320. The van der Waals surface area contributed by atoms with Crippen LogP contribution in [0.4, 0.5) is 17.6 Å². The average Bonchev–Trinajstić information content (AvgIpc) is 2.02. The number of hydrogen-bond donors (Lipinski definition) is 1. The predicted octanol–water partition coefficient (Wildman–Crippen LogP) is 3.22. The van der Waals surface area contributed by atoms with Gasteiger partial charge in [0, 0.05) is 6.61 Å². The molecule has 1 atom stereocenters. The summed E-state index contributed by atoms with van der Waals surface area (Å²) in [6.07, 6.45) is -3.34. The van der Waals surface area contributed by atoms with Crippen LogP contribution in [0.2, 0.25) is 0 Å². The van der Waals surface area contributed by atoms with E-state index >= 15 is 0 Å². The van der Waals surface area contributed by atoms with Gasteiger partial charge < -0.3 is 5.11 Å². The Morgan fingerprint density at radius 1 is 0.929 bits per heavy atom. The van der Waals surface area contributed by atoms with Gasteiger partial charge in [-0.3, -0.25) is 0 Å². The van der Waals surface area contributed by atoms with Crippen LogP contribution in [0, 0.1) is 0 Å². The summed E-state index contributed by atoms with van der Waals surface area (Å²) >= 11 is 0. The van der Waals surface area contributed by atoms with E-state index in [1.807, 2.05) is 0 Å². The van der Waals surface area contributed by atoms with Crippen molar-refractivity contribution >= 4 is 0 Å². The average molecular weight is 216 g/mol. The predicted molar refractivity (Wildman–Crippen MR) is 45.7 cm³/mol. The first-order valence-electron chi connectivity index (χ1n) is 4.68. The molecule has 86 valence electrons. The first kappa shape index (κ1) is 13.7. The summed E-state index contributed by atoms with van der Waals surface area (Å²) in [7, 11) is 0. The number of halogens is 4. The van der Waals surface area contributed by atoms with Crippen molar-refractivity contribution in [3.63, 3.8) is 0 Å². The molecule has 0 aliphatic carbocycles. The zero-order valence-corrected chi connectivity index (χ0v) is 8.20. The van der Waals surface area contributed by atoms with Gasteiger partial charge in [0.1, 0.15) is 0 Å². The molecule has 0 radical (unpaired) electrons. The summed E-state index contributed by atoms with van der Waals surface area (Å²) in [5, 5.41) is 8.40. The lowest BCUT2D eigenvalue weighted by Crippen LogP contribution is -2.37. The molecule has 1 unspecified atom stereocenters. The molecule has 0 saturated heterocycles. The maximum Gasteiger partial charge on any atom is 0.422 e. The summed E-state index contributed by atoms with van der Waals surface area (Å²) in [6, 6.07) is 0. The quantitative estimate of drug-likeness (QED) is 0.534. The number of aliphatic hydroxyl groups excluding tert-OH is 1. The van der Waals surface area contributed by atoms with E-state index in [4.69, 9.17) is 5.11 Å². The molecule has 0 aliphatic heterocycles. The second kappa shape index (κ2) is 5.53. The molecule has 0 aromatic heterocycles. The first-order valence-corrected chi connectivity index (χ1v) is 4.68. The van der Waals surface area contributed by atoms with Crippen LogP contribution in [0.15, 0.2) is 0 Å². The van der Waals surface area contributed by atoms with Crippen LogP contribution in [-0.4, -0.2) is 23.6 Å². The molecule has 0 aromatic carbocycles. The molecular weight excluding hydrogens is 200 g/mol. The lowest BCUT2D eigenvalue weighted by atomic mass is 9.99. The van der Waals surface area contributed by atoms with Crippen LogP contribution in [0.5, 0.6) is 0 Å². The summed E-state index contributed by atoms with van der Waals surface area (Å²) in [5.41, 5.74) is -3.08. The Bertz CT molecular complexity index is 153. The summed E-state index contributed by atoms with van der Waals surface area (Å²) < 4.78 is 48.9. The molecular formula is C9H16F4O. The Morgan fingerprint density at radius 3 is 1.86 bits per heavy atom. The van der Waals surface area contributed by atoms with Crippen molar-refractivity contribution in [3.8, 4) is 0 Å². The Labute approximate surface area is 81.1 Å². The minimum atomic E-state index is -4.77. The highest BCUT2D eigenvalue weighted by molar-refractivity contribution is 4.81. The molecule has 0 heterocycles. The van der Waals surface area contributed by atoms with Gasteiger partial charge in [0.15, 0.2) is 0 Å². The standard InChI is InChI=1S/C9H16F4O/c1-8(10,9(11,12)13)6-4-2-3-5-7-14/h14H,2-7H2,1H3. The SMILES string of the molecule is CC(F)(CCCCCCO)C(F)(F)F. The van der Waals surface area contributed by atoms with Crippen molar-refractivity contribution in [2.75, 3.05) is 6.61 Å². The molecule has 0 bridgehead atoms. The van der Waals surface area contributed by atoms with Gasteiger partial charge in [-0.15, -0.1) is 0 Å². The van der Waals surface area contributed by atoms with Crippen molar-refractivity contribution in [3.05, 3.63) is 0 Å². The molecule has 0 saturated carbocycles. The minimum absolute atomic E-state index is 0.0339. The third-order valence-corrected chi connectivity index (χ3v) is 2.15. The van der Waals surface area contributed by atoms with Crippen molar-refractivity contribution in [1.82, 2.24) is 0 Å². The fourth-order valence-corrected chi connectivity index (χ4v) is 1.06. The molecule has 0 amide bonds. The van der Waals surface area contributed by atoms with Gasteiger partial charge >= 0.3 is 6.18 Å². The summed E-state index contributed by atoms with van der Waals surface area (Å²) in [4.78, 5) is 0. The van der Waals surface area contributed by atoms with Crippen molar-refractivity contribution in [1.29, 1.82) is 0 Å². The third kappa shape index (κ3) is 4.79. The van der Waals surface area contributed by atoms with Gasteiger partial charge in [-0.25, -0.2) is 4.39 Å². The van der Waals surface area contributed by atoms with Gasteiger partial charge in [0.05, 0.1) is 0 Å². The zero-order chi connectivity index (χ0) is 11.2. The van der Waals surface area contributed by atoms with Gasteiger partial charge in [-0.05, 0) is 26.2 Å². The van der Waals surface area contributed by atoms with Crippen LogP contribution in [0.3, 0.4) is 0 Å². The second-order valence-electron chi connectivity index (χ2n) is 3.58. The van der Waals surface area contributed by atoms with E-state index in [1.165, 1.54) is 0 Å². The molecule has 0 fully saturated rings. The monoisotopic (exact) mass is 216 g/mol. The van der Waals surface area contributed by atoms with Crippen molar-refractivity contribution < 1.29 is 22.7 Å². The van der Waals surface area contributed by atoms with Crippen molar-refractivity contribution in [2.24, 2.45) is 0 Å². The number of unbranched alkanes of at least 4 members (excludes halogenated alkanes) is 3. The Balaban J connectivity index is 3.67. The number of aliphatic hydroxyl groups is 1. The molecule has 0 aromatic rings. The number of alkyl halides is 4. The van der Waals surface area contributed by atoms with E-state index in [-0.39, 0.29) is 13.0 Å². The van der Waals surface area contributed by atoms with Gasteiger partial charge in [0.2, 0.25) is 5.67 Å². The van der Waals surface area contributed by atoms with Crippen LogP contribution in [0.1, 0.15) is 39.0 Å². The van der Waals surface area contributed by atoms with E-state index in [1.54, 1.807) is 0 Å². The van der Waals surface area contributed by atoms with Gasteiger partial charge in [-0.2, -0.15) is 13.2 Å². The van der Waals surface area contributed by atoms with Gasteiger partial charge in [0.25, 0.3) is 0 Å².